The highest BCUT2D eigenvalue weighted by Gasteiger charge is 2.33. The molecule has 0 aromatic heterocycles. The maximum absolute atomic E-state index is 14.2. The lowest BCUT2D eigenvalue weighted by Gasteiger charge is -2.21. The topological polar surface area (TPSA) is 57.6 Å². The van der Waals surface area contributed by atoms with Gasteiger partial charge in [-0.2, -0.15) is 4.31 Å². The van der Waals surface area contributed by atoms with Crippen LogP contribution >= 0.6 is 15.9 Å². The molecule has 0 atom stereocenters. The minimum Gasteiger partial charge on any atom is -0.392 e. The molecule has 1 aliphatic carbocycles. The first-order valence-electron chi connectivity index (χ1n) is 6.49. The molecular formula is C13H17BrFNO3S. The van der Waals surface area contributed by atoms with E-state index in [0.29, 0.717) is 23.5 Å². The second-order valence-electron chi connectivity index (χ2n) is 4.93. The van der Waals surface area contributed by atoms with E-state index in [4.69, 9.17) is 5.11 Å². The third-order valence-corrected chi connectivity index (χ3v) is 5.78. The Hall–Kier alpha value is -0.500. The highest BCUT2D eigenvalue weighted by molar-refractivity contribution is 9.10. The van der Waals surface area contributed by atoms with Gasteiger partial charge < -0.3 is 5.11 Å². The van der Waals surface area contributed by atoms with E-state index < -0.39 is 22.4 Å². The molecule has 2 rings (SSSR count). The van der Waals surface area contributed by atoms with E-state index in [0.717, 1.165) is 12.8 Å². The average Bonchev–Trinajstić information content (AvgIpc) is 3.21. The molecule has 7 heteroatoms. The molecule has 0 amide bonds. The van der Waals surface area contributed by atoms with Crippen molar-refractivity contribution in [1.29, 1.82) is 0 Å². The van der Waals surface area contributed by atoms with Crippen molar-refractivity contribution in [3.63, 3.8) is 0 Å². The number of hydrogen-bond acceptors (Lipinski definition) is 3. The zero-order valence-electron chi connectivity index (χ0n) is 11.1. The SMILES string of the molecule is CCN(CC1CC1)S(=O)(=O)c1cc(Br)cc(CO)c1F. The molecule has 0 heterocycles. The number of aliphatic hydroxyl groups excluding tert-OH is 1. The number of benzene rings is 1. The molecule has 1 aromatic carbocycles. The van der Waals surface area contributed by atoms with Gasteiger partial charge in [0.05, 0.1) is 6.61 Å². The van der Waals surface area contributed by atoms with Gasteiger partial charge in [-0.05, 0) is 30.9 Å². The molecule has 112 valence electrons. The largest absolute Gasteiger partial charge is 0.392 e. The van der Waals surface area contributed by atoms with E-state index >= 15 is 0 Å². The van der Waals surface area contributed by atoms with Crippen molar-refractivity contribution in [2.75, 3.05) is 13.1 Å². The van der Waals surface area contributed by atoms with Crippen LogP contribution in [0.25, 0.3) is 0 Å². The second-order valence-corrected chi connectivity index (χ2v) is 7.76. The summed E-state index contributed by atoms with van der Waals surface area (Å²) in [5.41, 5.74) is -0.0274. The van der Waals surface area contributed by atoms with Gasteiger partial charge in [-0.1, -0.05) is 22.9 Å². The third-order valence-electron chi connectivity index (χ3n) is 3.38. The van der Waals surface area contributed by atoms with Crippen molar-refractivity contribution in [2.45, 2.75) is 31.3 Å². The quantitative estimate of drug-likeness (QED) is 0.842. The van der Waals surface area contributed by atoms with E-state index in [9.17, 15) is 12.8 Å². The van der Waals surface area contributed by atoms with E-state index in [2.05, 4.69) is 15.9 Å². The van der Waals surface area contributed by atoms with E-state index in [-0.39, 0.29) is 10.5 Å². The zero-order chi connectivity index (χ0) is 14.9. The molecule has 0 saturated heterocycles. The molecule has 0 unspecified atom stereocenters. The first kappa shape index (κ1) is 15.9. The van der Waals surface area contributed by atoms with Crippen LogP contribution in [0.1, 0.15) is 25.3 Å². The fraction of sp³-hybridized carbons (Fsp3) is 0.538. The standard InChI is InChI=1S/C13H17BrFNO3S/c1-2-16(7-9-3-4-9)20(18,19)12-6-11(14)5-10(8-17)13(12)15/h5-6,9,17H,2-4,7-8H2,1H3. The first-order chi connectivity index (χ1) is 9.40. The fourth-order valence-electron chi connectivity index (χ4n) is 2.05. The average molecular weight is 366 g/mol. The molecule has 0 bridgehead atoms. The summed E-state index contributed by atoms with van der Waals surface area (Å²) in [7, 11) is -3.87. The van der Waals surface area contributed by atoms with Crippen LogP contribution in [-0.2, 0) is 16.6 Å². The minimum absolute atomic E-state index is 0.0274. The summed E-state index contributed by atoms with van der Waals surface area (Å²) in [5.74, 6) is -0.484. The molecule has 4 nitrogen and oxygen atoms in total. The first-order valence-corrected chi connectivity index (χ1v) is 8.72. The van der Waals surface area contributed by atoms with Crippen molar-refractivity contribution >= 4 is 26.0 Å². The lowest BCUT2D eigenvalue weighted by atomic mass is 10.2. The Morgan fingerprint density at radius 1 is 1.45 bits per heavy atom. The highest BCUT2D eigenvalue weighted by atomic mass is 79.9. The minimum atomic E-state index is -3.87. The van der Waals surface area contributed by atoms with Crippen LogP contribution in [0.15, 0.2) is 21.5 Å². The molecule has 1 aromatic rings. The van der Waals surface area contributed by atoms with Crippen LogP contribution in [0.2, 0.25) is 0 Å². The Kier molecular flexibility index (Phi) is 4.84. The van der Waals surface area contributed by atoms with Crippen molar-refractivity contribution in [2.24, 2.45) is 5.92 Å². The van der Waals surface area contributed by atoms with Gasteiger partial charge >= 0.3 is 0 Å². The number of nitrogens with zero attached hydrogens (tertiary/aromatic N) is 1. The van der Waals surface area contributed by atoms with Crippen LogP contribution in [0.3, 0.4) is 0 Å². The number of aliphatic hydroxyl groups is 1. The lowest BCUT2D eigenvalue weighted by molar-refractivity contribution is 0.274. The summed E-state index contributed by atoms with van der Waals surface area (Å²) in [6.07, 6.45) is 2.05. The van der Waals surface area contributed by atoms with Gasteiger partial charge in [0.25, 0.3) is 0 Å². The molecule has 1 aliphatic rings. The molecule has 20 heavy (non-hydrogen) atoms. The fourth-order valence-corrected chi connectivity index (χ4v) is 4.36. The van der Waals surface area contributed by atoms with Crippen LogP contribution < -0.4 is 0 Å². The zero-order valence-corrected chi connectivity index (χ0v) is 13.5. The van der Waals surface area contributed by atoms with E-state index in [1.807, 2.05) is 0 Å². The maximum Gasteiger partial charge on any atom is 0.246 e. The van der Waals surface area contributed by atoms with Crippen LogP contribution in [0.4, 0.5) is 4.39 Å². The van der Waals surface area contributed by atoms with Crippen molar-refractivity contribution in [3.8, 4) is 0 Å². The smallest absolute Gasteiger partial charge is 0.246 e. The molecule has 0 radical (unpaired) electrons. The van der Waals surface area contributed by atoms with Gasteiger partial charge in [0.15, 0.2) is 0 Å². The van der Waals surface area contributed by atoms with Gasteiger partial charge in [0.2, 0.25) is 10.0 Å². The lowest BCUT2D eigenvalue weighted by Crippen LogP contribution is -2.33. The Morgan fingerprint density at radius 3 is 2.60 bits per heavy atom. The van der Waals surface area contributed by atoms with Crippen LogP contribution in [0.5, 0.6) is 0 Å². The Bertz CT molecular complexity index is 602. The number of hydrogen-bond donors (Lipinski definition) is 1. The van der Waals surface area contributed by atoms with Crippen molar-refractivity contribution in [1.82, 2.24) is 4.31 Å². The van der Waals surface area contributed by atoms with Crippen molar-refractivity contribution in [3.05, 3.63) is 28.0 Å². The van der Waals surface area contributed by atoms with Crippen molar-refractivity contribution < 1.29 is 17.9 Å². The molecule has 1 fully saturated rings. The van der Waals surface area contributed by atoms with Gasteiger partial charge in [-0.25, -0.2) is 12.8 Å². The Balaban J connectivity index is 2.44. The monoisotopic (exact) mass is 365 g/mol. The third kappa shape index (κ3) is 3.21. The number of sulfonamides is 1. The number of rotatable bonds is 6. The predicted molar refractivity (Wildman–Crippen MR) is 77.2 cm³/mol. The summed E-state index contributed by atoms with van der Waals surface area (Å²) >= 11 is 3.15. The summed E-state index contributed by atoms with van der Waals surface area (Å²) in [5, 5.41) is 9.12. The highest BCUT2D eigenvalue weighted by Crippen LogP contribution is 2.33. The van der Waals surface area contributed by atoms with Crippen LogP contribution in [-0.4, -0.2) is 30.9 Å². The maximum atomic E-state index is 14.2. The van der Waals surface area contributed by atoms with Crippen LogP contribution in [0, 0.1) is 11.7 Å². The molecule has 1 saturated carbocycles. The normalized spacial score (nSPS) is 15.8. The molecular weight excluding hydrogens is 349 g/mol. The molecule has 1 N–H and O–H groups in total. The second kappa shape index (κ2) is 6.09. The van der Waals surface area contributed by atoms with E-state index in [1.165, 1.54) is 16.4 Å². The Labute approximate surface area is 126 Å². The van der Waals surface area contributed by atoms with Gasteiger partial charge in [0, 0.05) is 23.1 Å². The van der Waals surface area contributed by atoms with Gasteiger partial charge in [-0.3, -0.25) is 0 Å². The summed E-state index contributed by atoms with van der Waals surface area (Å²) in [6.45, 7) is 1.93. The van der Waals surface area contributed by atoms with Gasteiger partial charge in [0.1, 0.15) is 10.7 Å². The molecule has 0 aliphatic heterocycles. The Morgan fingerprint density at radius 2 is 2.10 bits per heavy atom. The molecule has 0 spiro atoms. The number of halogens is 2. The predicted octanol–water partition coefficient (Wildman–Crippen LogP) is 2.50. The van der Waals surface area contributed by atoms with E-state index in [1.54, 1.807) is 6.92 Å². The summed E-state index contributed by atoms with van der Waals surface area (Å²) in [6, 6.07) is 2.63. The summed E-state index contributed by atoms with van der Waals surface area (Å²) < 4.78 is 41.1. The summed E-state index contributed by atoms with van der Waals surface area (Å²) in [4.78, 5) is -0.376. The van der Waals surface area contributed by atoms with Gasteiger partial charge in [-0.15, -0.1) is 0 Å².